The van der Waals surface area contributed by atoms with Crippen LogP contribution < -0.4 is 5.32 Å². The van der Waals surface area contributed by atoms with Gasteiger partial charge in [-0.1, -0.05) is 0 Å². The first-order chi connectivity index (χ1) is 7.16. The molecule has 0 aromatic carbocycles. The zero-order valence-electron chi connectivity index (χ0n) is 10.7. The summed E-state index contributed by atoms with van der Waals surface area (Å²) >= 11 is 0. The third kappa shape index (κ3) is 3.43. The van der Waals surface area contributed by atoms with Gasteiger partial charge in [0.1, 0.15) is 0 Å². The molecule has 1 rings (SSSR count). The quantitative estimate of drug-likeness (QED) is 0.810. The van der Waals surface area contributed by atoms with E-state index in [2.05, 4.69) is 5.32 Å². The van der Waals surface area contributed by atoms with Gasteiger partial charge in [-0.3, -0.25) is 0 Å². The van der Waals surface area contributed by atoms with Crippen molar-refractivity contribution in [3.63, 3.8) is 0 Å². The molecule has 1 fully saturated rings. The highest BCUT2D eigenvalue weighted by Crippen LogP contribution is 2.29. The standard InChI is InChI=1S/C11H23NO3S/c1-10(2,3)12-9-11(16(4,13)14)5-7-15-8-6-11/h12H,5-9H2,1-4H3. The van der Waals surface area contributed by atoms with Gasteiger partial charge in [-0.25, -0.2) is 8.42 Å². The summed E-state index contributed by atoms with van der Waals surface area (Å²) in [6, 6.07) is 0. The Bertz CT molecular complexity index is 324. The minimum Gasteiger partial charge on any atom is -0.381 e. The molecule has 16 heavy (non-hydrogen) atoms. The molecular formula is C11H23NO3S. The third-order valence-electron chi connectivity index (χ3n) is 3.13. The van der Waals surface area contributed by atoms with Crippen molar-refractivity contribution < 1.29 is 13.2 Å². The average Bonchev–Trinajstić information content (AvgIpc) is 2.13. The van der Waals surface area contributed by atoms with Gasteiger partial charge in [0.15, 0.2) is 9.84 Å². The summed E-state index contributed by atoms with van der Waals surface area (Å²) in [6.45, 7) is 7.73. The van der Waals surface area contributed by atoms with Crippen molar-refractivity contribution in [2.24, 2.45) is 0 Å². The van der Waals surface area contributed by atoms with Crippen molar-refractivity contribution in [3.8, 4) is 0 Å². The maximum Gasteiger partial charge on any atom is 0.154 e. The first-order valence-electron chi connectivity index (χ1n) is 5.69. The SMILES string of the molecule is CC(C)(C)NCC1(S(C)(=O)=O)CCOCC1. The van der Waals surface area contributed by atoms with E-state index in [4.69, 9.17) is 4.74 Å². The van der Waals surface area contributed by atoms with Crippen LogP contribution in [0.2, 0.25) is 0 Å². The molecule has 1 aliphatic heterocycles. The fraction of sp³-hybridized carbons (Fsp3) is 1.00. The predicted octanol–water partition coefficient (Wildman–Crippen LogP) is 0.968. The molecule has 0 aliphatic carbocycles. The molecule has 0 atom stereocenters. The molecule has 0 saturated carbocycles. The molecular weight excluding hydrogens is 226 g/mol. The van der Waals surface area contributed by atoms with Gasteiger partial charge in [0.05, 0.1) is 4.75 Å². The van der Waals surface area contributed by atoms with E-state index < -0.39 is 14.6 Å². The van der Waals surface area contributed by atoms with Crippen LogP contribution in [0.1, 0.15) is 33.6 Å². The normalized spacial score (nSPS) is 22.0. The maximum absolute atomic E-state index is 11.9. The summed E-state index contributed by atoms with van der Waals surface area (Å²) in [5.74, 6) is 0. The van der Waals surface area contributed by atoms with Crippen LogP contribution in [-0.4, -0.2) is 44.7 Å². The molecule has 4 nitrogen and oxygen atoms in total. The van der Waals surface area contributed by atoms with E-state index in [1.165, 1.54) is 6.26 Å². The number of ether oxygens (including phenoxy) is 1. The minimum atomic E-state index is -3.05. The molecule has 0 radical (unpaired) electrons. The van der Waals surface area contributed by atoms with Crippen LogP contribution in [-0.2, 0) is 14.6 Å². The summed E-state index contributed by atoms with van der Waals surface area (Å²) in [5, 5.41) is 3.30. The van der Waals surface area contributed by atoms with E-state index in [9.17, 15) is 8.42 Å². The molecule has 0 aromatic rings. The minimum absolute atomic E-state index is 0.0595. The fourth-order valence-electron chi connectivity index (χ4n) is 1.85. The molecule has 0 bridgehead atoms. The van der Waals surface area contributed by atoms with Crippen LogP contribution in [0.25, 0.3) is 0 Å². The van der Waals surface area contributed by atoms with E-state index in [-0.39, 0.29) is 5.54 Å². The summed E-state index contributed by atoms with van der Waals surface area (Å²) in [5.41, 5.74) is -0.0595. The van der Waals surface area contributed by atoms with Gasteiger partial charge in [-0.2, -0.15) is 0 Å². The second-order valence-electron chi connectivity index (χ2n) is 5.67. The Labute approximate surface area is 98.7 Å². The van der Waals surface area contributed by atoms with E-state index in [1.54, 1.807) is 0 Å². The molecule has 5 heteroatoms. The van der Waals surface area contributed by atoms with Gasteiger partial charge in [0.25, 0.3) is 0 Å². The van der Waals surface area contributed by atoms with Crippen molar-refractivity contribution in [1.29, 1.82) is 0 Å². The average molecular weight is 249 g/mol. The van der Waals surface area contributed by atoms with E-state index in [1.807, 2.05) is 20.8 Å². The zero-order chi connectivity index (χ0) is 12.4. The lowest BCUT2D eigenvalue weighted by molar-refractivity contribution is 0.0728. The Kier molecular flexibility index (Phi) is 4.03. The lowest BCUT2D eigenvalue weighted by atomic mass is 9.97. The molecule has 1 N–H and O–H groups in total. The molecule has 0 spiro atoms. The molecule has 1 aliphatic rings. The molecule has 96 valence electrons. The second-order valence-corrected chi connectivity index (χ2v) is 8.08. The van der Waals surface area contributed by atoms with E-state index in [0.29, 0.717) is 32.6 Å². The highest BCUT2D eigenvalue weighted by Gasteiger charge is 2.42. The van der Waals surface area contributed by atoms with Crippen LogP contribution in [0.15, 0.2) is 0 Å². The zero-order valence-corrected chi connectivity index (χ0v) is 11.5. The van der Waals surface area contributed by atoms with Gasteiger partial charge in [-0.15, -0.1) is 0 Å². The van der Waals surface area contributed by atoms with Gasteiger partial charge < -0.3 is 10.1 Å². The number of rotatable bonds is 3. The second kappa shape index (κ2) is 4.63. The molecule has 1 heterocycles. The lowest BCUT2D eigenvalue weighted by Gasteiger charge is -2.37. The summed E-state index contributed by atoms with van der Waals surface area (Å²) < 4.78 is 28.5. The Morgan fingerprint density at radius 1 is 1.25 bits per heavy atom. The van der Waals surface area contributed by atoms with Crippen molar-refractivity contribution >= 4 is 9.84 Å². The van der Waals surface area contributed by atoms with Crippen LogP contribution >= 0.6 is 0 Å². The highest BCUT2D eigenvalue weighted by molar-refractivity contribution is 7.92. The number of sulfone groups is 1. The third-order valence-corrected chi connectivity index (χ3v) is 5.26. The van der Waals surface area contributed by atoms with Crippen molar-refractivity contribution in [1.82, 2.24) is 5.32 Å². The van der Waals surface area contributed by atoms with Gasteiger partial charge in [0.2, 0.25) is 0 Å². The van der Waals surface area contributed by atoms with Crippen LogP contribution in [0.5, 0.6) is 0 Å². The fourth-order valence-corrected chi connectivity index (χ4v) is 3.09. The lowest BCUT2D eigenvalue weighted by Crippen LogP contribution is -2.54. The Morgan fingerprint density at radius 2 is 1.75 bits per heavy atom. The number of hydrogen-bond acceptors (Lipinski definition) is 4. The van der Waals surface area contributed by atoms with Crippen LogP contribution in [0, 0.1) is 0 Å². The van der Waals surface area contributed by atoms with Gasteiger partial charge in [-0.05, 0) is 33.6 Å². The Balaban J connectivity index is 2.80. The molecule has 0 unspecified atom stereocenters. The predicted molar refractivity (Wildman–Crippen MR) is 65.4 cm³/mol. The molecule has 0 amide bonds. The van der Waals surface area contributed by atoms with Gasteiger partial charge >= 0.3 is 0 Å². The van der Waals surface area contributed by atoms with Crippen LogP contribution in [0.3, 0.4) is 0 Å². The van der Waals surface area contributed by atoms with Gasteiger partial charge in [0, 0.05) is 31.6 Å². The van der Waals surface area contributed by atoms with Crippen LogP contribution in [0.4, 0.5) is 0 Å². The van der Waals surface area contributed by atoms with Crippen molar-refractivity contribution in [2.45, 2.75) is 43.9 Å². The first kappa shape index (κ1) is 13.9. The first-order valence-corrected chi connectivity index (χ1v) is 7.58. The highest BCUT2D eigenvalue weighted by atomic mass is 32.2. The largest absolute Gasteiger partial charge is 0.381 e. The molecule has 1 saturated heterocycles. The summed E-state index contributed by atoms with van der Waals surface area (Å²) in [4.78, 5) is 0. The maximum atomic E-state index is 11.9. The monoisotopic (exact) mass is 249 g/mol. The Morgan fingerprint density at radius 3 is 2.12 bits per heavy atom. The summed E-state index contributed by atoms with van der Waals surface area (Å²) in [6.07, 6.45) is 2.52. The Hall–Kier alpha value is -0.130. The topological polar surface area (TPSA) is 55.4 Å². The van der Waals surface area contributed by atoms with Crippen molar-refractivity contribution in [2.75, 3.05) is 26.0 Å². The molecule has 0 aromatic heterocycles. The smallest absolute Gasteiger partial charge is 0.154 e. The number of nitrogens with one attached hydrogen (secondary N) is 1. The number of hydrogen-bond donors (Lipinski definition) is 1. The summed E-state index contributed by atoms with van der Waals surface area (Å²) in [7, 11) is -3.05. The van der Waals surface area contributed by atoms with Crippen molar-refractivity contribution in [3.05, 3.63) is 0 Å². The van der Waals surface area contributed by atoms with E-state index >= 15 is 0 Å². The van der Waals surface area contributed by atoms with E-state index in [0.717, 1.165) is 0 Å².